The molecule has 13 heteroatoms. The highest BCUT2D eigenvalue weighted by Gasteiger charge is 2.57. The van der Waals surface area contributed by atoms with E-state index in [2.05, 4.69) is 15.3 Å². The smallest absolute Gasteiger partial charge is 0.422 e. The third kappa shape index (κ3) is 5.25. The van der Waals surface area contributed by atoms with E-state index in [1.165, 1.54) is 42.3 Å². The van der Waals surface area contributed by atoms with Crippen LogP contribution < -0.4 is 14.2 Å². The molecule has 1 aliphatic carbocycles. The molecule has 0 bridgehead atoms. The van der Waals surface area contributed by atoms with Crippen LogP contribution in [0.15, 0.2) is 60.9 Å². The number of hydrogen-bond acceptors (Lipinski definition) is 8. The lowest BCUT2D eigenvalue weighted by Gasteiger charge is -2.31. The number of carbonyl (C=O) groups excluding carboxylic acids is 1. The first-order chi connectivity index (χ1) is 20.9. The van der Waals surface area contributed by atoms with Crippen molar-refractivity contribution in [3.63, 3.8) is 0 Å². The van der Waals surface area contributed by atoms with E-state index in [9.17, 15) is 27.5 Å². The summed E-state index contributed by atoms with van der Waals surface area (Å²) in [7, 11) is 1.40. The zero-order chi connectivity index (χ0) is 31.3. The van der Waals surface area contributed by atoms with Crippen LogP contribution in [-0.2, 0) is 11.1 Å². The molecule has 9 nitrogen and oxygen atoms in total. The number of benzene rings is 2. The Balaban J connectivity index is 1.39. The number of alkyl halides is 3. The number of aromatic nitrogens is 4. The SMILES string of the molecule is COc1cc(C(=O)CC[C@](O)(c2cc3c(c(-c4ccc(F)cc4)n2)OC[C@]3(C)n2ccnn2)C(F)(F)F)ccc1OC1CC1. The van der Waals surface area contributed by atoms with Crippen molar-refractivity contribution in [3.8, 4) is 28.5 Å². The van der Waals surface area contributed by atoms with E-state index < -0.39 is 47.5 Å². The molecule has 4 aromatic rings. The predicted octanol–water partition coefficient (Wildman–Crippen LogP) is 5.60. The highest BCUT2D eigenvalue weighted by Crippen LogP contribution is 2.49. The van der Waals surface area contributed by atoms with E-state index in [4.69, 9.17) is 14.2 Å². The summed E-state index contributed by atoms with van der Waals surface area (Å²) < 4.78 is 76.6. The number of ether oxygens (including phenoxy) is 3. The van der Waals surface area contributed by atoms with Crippen molar-refractivity contribution in [3.05, 3.63) is 83.6 Å². The van der Waals surface area contributed by atoms with Crippen LogP contribution in [0, 0.1) is 5.82 Å². The van der Waals surface area contributed by atoms with Gasteiger partial charge >= 0.3 is 6.18 Å². The molecular formula is C31H28F4N4O5. The lowest BCUT2D eigenvalue weighted by molar-refractivity contribution is -0.270. The molecule has 0 unspecified atom stereocenters. The van der Waals surface area contributed by atoms with Crippen LogP contribution in [0.3, 0.4) is 0 Å². The maximum Gasteiger partial charge on any atom is 0.422 e. The molecule has 0 spiro atoms. The van der Waals surface area contributed by atoms with Crippen molar-refractivity contribution in [2.75, 3.05) is 13.7 Å². The topological polar surface area (TPSA) is 109 Å². The first-order valence-corrected chi connectivity index (χ1v) is 13.9. The molecular weight excluding hydrogens is 584 g/mol. The van der Waals surface area contributed by atoms with Crippen molar-refractivity contribution in [1.82, 2.24) is 20.0 Å². The van der Waals surface area contributed by atoms with Crippen molar-refractivity contribution < 1.29 is 41.7 Å². The Morgan fingerprint density at radius 2 is 1.89 bits per heavy atom. The molecule has 0 saturated heterocycles. The van der Waals surface area contributed by atoms with Gasteiger partial charge in [-0.2, -0.15) is 13.2 Å². The molecule has 2 aromatic carbocycles. The van der Waals surface area contributed by atoms with Gasteiger partial charge in [0.05, 0.1) is 25.1 Å². The highest BCUT2D eigenvalue weighted by molar-refractivity contribution is 5.96. The van der Waals surface area contributed by atoms with Gasteiger partial charge in [-0.05, 0) is 74.7 Å². The fourth-order valence-electron chi connectivity index (χ4n) is 5.20. The lowest BCUT2D eigenvalue weighted by Crippen LogP contribution is -2.44. The Morgan fingerprint density at radius 1 is 1.14 bits per heavy atom. The zero-order valence-electron chi connectivity index (χ0n) is 23.8. The van der Waals surface area contributed by atoms with Gasteiger partial charge < -0.3 is 19.3 Å². The van der Waals surface area contributed by atoms with Crippen LogP contribution in [0.25, 0.3) is 11.3 Å². The number of halogens is 4. The fraction of sp³-hybridized carbons (Fsp3) is 0.355. The van der Waals surface area contributed by atoms with Crippen molar-refractivity contribution in [1.29, 1.82) is 0 Å². The van der Waals surface area contributed by atoms with Crippen LogP contribution in [-0.4, -0.2) is 56.9 Å². The van der Waals surface area contributed by atoms with Gasteiger partial charge in [0.15, 0.2) is 23.0 Å². The molecule has 1 fully saturated rings. The summed E-state index contributed by atoms with van der Waals surface area (Å²) in [6, 6.07) is 10.5. The largest absolute Gasteiger partial charge is 0.493 e. The standard InChI is InChI=1S/C31H28F4N4O5/c1-29(39-14-13-36-38-39)17-43-28-22(29)16-26(37-27(28)18-3-6-20(32)7-4-18)30(41,31(33,34)35)12-11-23(40)19-5-10-24(25(15-19)42-2)44-21-8-9-21/h3-7,10,13-16,21,41H,8-9,11-12,17H2,1-2H3/t29-,30-/m0/s1. The minimum atomic E-state index is -5.22. The summed E-state index contributed by atoms with van der Waals surface area (Å²) in [5.41, 5.74) is -4.76. The van der Waals surface area contributed by atoms with Crippen LogP contribution in [0.2, 0.25) is 0 Å². The molecule has 1 aliphatic heterocycles. The van der Waals surface area contributed by atoms with E-state index in [1.807, 2.05) is 0 Å². The minimum Gasteiger partial charge on any atom is -0.493 e. The Labute approximate surface area is 249 Å². The Bertz CT molecular complexity index is 1690. The Hall–Kier alpha value is -4.52. The summed E-state index contributed by atoms with van der Waals surface area (Å²) in [5, 5.41) is 19.2. The summed E-state index contributed by atoms with van der Waals surface area (Å²) in [4.78, 5) is 17.4. The Kier molecular flexibility index (Phi) is 7.31. The van der Waals surface area contributed by atoms with Crippen molar-refractivity contribution in [2.24, 2.45) is 0 Å². The van der Waals surface area contributed by atoms with Gasteiger partial charge in [0.2, 0.25) is 5.60 Å². The van der Waals surface area contributed by atoms with Crippen LogP contribution in [0.5, 0.6) is 17.2 Å². The molecule has 0 radical (unpaired) electrons. The third-order valence-corrected chi connectivity index (χ3v) is 8.01. The van der Waals surface area contributed by atoms with Crippen molar-refractivity contribution >= 4 is 5.78 Å². The van der Waals surface area contributed by atoms with E-state index in [0.717, 1.165) is 31.0 Å². The second-order valence-corrected chi connectivity index (χ2v) is 11.1. The van der Waals surface area contributed by atoms with Crippen LogP contribution in [0.4, 0.5) is 17.6 Å². The highest BCUT2D eigenvalue weighted by atomic mass is 19.4. The average molecular weight is 613 g/mol. The number of Topliss-reactive ketones (excluding diaryl/α,β-unsaturated/α-hetero) is 1. The number of rotatable bonds is 10. The van der Waals surface area contributed by atoms with Gasteiger partial charge in [0.25, 0.3) is 0 Å². The normalized spacial score (nSPS) is 19.2. The van der Waals surface area contributed by atoms with E-state index >= 15 is 0 Å². The summed E-state index contributed by atoms with van der Waals surface area (Å²) in [6.45, 7) is 1.68. The van der Waals surface area contributed by atoms with E-state index in [-0.39, 0.29) is 46.6 Å². The fourth-order valence-corrected chi connectivity index (χ4v) is 5.20. The summed E-state index contributed by atoms with van der Waals surface area (Å²) >= 11 is 0. The molecule has 44 heavy (non-hydrogen) atoms. The number of hydrogen-bond donors (Lipinski definition) is 1. The minimum absolute atomic E-state index is 0.0176. The first kappa shape index (κ1) is 29.5. The molecule has 2 aliphatic rings. The molecule has 1 saturated carbocycles. The number of aliphatic hydroxyl groups is 1. The first-order valence-electron chi connectivity index (χ1n) is 13.9. The number of fused-ring (bicyclic) bond motifs is 1. The second-order valence-electron chi connectivity index (χ2n) is 11.1. The second kappa shape index (κ2) is 10.9. The molecule has 6 rings (SSSR count). The summed E-state index contributed by atoms with van der Waals surface area (Å²) in [5.74, 6) is -0.305. The quantitative estimate of drug-likeness (QED) is 0.182. The number of nitrogens with zero attached hydrogens (tertiary/aromatic N) is 4. The van der Waals surface area contributed by atoms with Gasteiger partial charge in [-0.1, -0.05) is 5.21 Å². The Morgan fingerprint density at radius 3 is 2.52 bits per heavy atom. The average Bonchev–Trinajstić information content (AvgIpc) is 3.50. The number of methoxy groups -OCH3 is 1. The monoisotopic (exact) mass is 612 g/mol. The van der Waals surface area contributed by atoms with Crippen molar-refractivity contribution in [2.45, 2.75) is 56.0 Å². The van der Waals surface area contributed by atoms with E-state index in [1.54, 1.807) is 19.2 Å². The van der Waals surface area contributed by atoms with Gasteiger partial charge in [0.1, 0.15) is 23.7 Å². The maximum absolute atomic E-state index is 14.8. The molecule has 3 heterocycles. The third-order valence-electron chi connectivity index (χ3n) is 8.01. The molecule has 1 N–H and O–H groups in total. The van der Waals surface area contributed by atoms with Gasteiger partial charge in [-0.15, -0.1) is 5.10 Å². The molecule has 0 amide bonds. The molecule has 2 atom stereocenters. The van der Waals surface area contributed by atoms with Gasteiger partial charge in [-0.3, -0.25) is 4.79 Å². The van der Waals surface area contributed by atoms with Gasteiger partial charge in [0, 0.05) is 29.3 Å². The summed E-state index contributed by atoms with van der Waals surface area (Å²) in [6.07, 6.45) is -2.06. The van der Waals surface area contributed by atoms with Crippen LogP contribution >= 0.6 is 0 Å². The lowest BCUT2D eigenvalue weighted by atomic mass is 9.86. The molecule has 2 aromatic heterocycles. The van der Waals surface area contributed by atoms with Gasteiger partial charge in [-0.25, -0.2) is 14.1 Å². The maximum atomic E-state index is 14.8. The van der Waals surface area contributed by atoms with E-state index in [0.29, 0.717) is 5.75 Å². The zero-order valence-corrected chi connectivity index (χ0v) is 23.8. The number of ketones is 1. The predicted molar refractivity (Wildman–Crippen MR) is 148 cm³/mol. The molecule has 230 valence electrons. The number of pyridine rings is 1. The van der Waals surface area contributed by atoms with Crippen LogP contribution in [0.1, 0.15) is 54.2 Å². The number of carbonyl (C=O) groups is 1.